The molecule has 61 heavy (non-hydrogen) atoms. The van der Waals surface area contributed by atoms with Crippen molar-refractivity contribution in [3.63, 3.8) is 0 Å². The SMILES string of the molecule is CC(C)(C)OC=O.Cc1ccc2[nH]c(C)cc2c1.Cc1ccc2c(c1)cc(-c1nc3cc([N+](=O)[O-])ccc3o1)n2C(=O)OC(C)(C)C.O=[N+]([O-])c1ccc2oc(Br)nc2c1.[Pd]. The van der Waals surface area contributed by atoms with Crippen LogP contribution in [0, 0.1) is 41.0 Å². The second kappa shape index (κ2) is 19.4. The molecule has 4 aromatic heterocycles. The molecule has 4 aromatic carbocycles. The molecule has 0 unspecified atom stereocenters. The van der Waals surface area contributed by atoms with Crippen LogP contribution < -0.4 is 0 Å². The maximum Gasteiger partial charge on any atom is 0.419 e. The number of hydrogen-bond acceptors (Lipinski definition) is 12. The Kier molecular flexibility index (Phi) is 15.1. The topological polar surface area (TPSA) is 212 Å². The Morgan fingerprint density at radius 1 is 0.754 bits per heavy atom. The molecule has 4 heterocycles. The summed E-state index contributed by atoms with van der Waals surface area (Å²) in [7, 11) is 0. The van der Waals surface area contributed by atoms with Crippen molar-refractivity contribution >= 4 is 83.9 Å². The number of rotatable bonds is 4. The number of fused-ring (bicyclic) bond motifs is 4. The number of ether oxygens (including phenoxy) is 2. The van der Waals surface area contributed by atoms with Gasteiger partial charge in [-0.1, -0.05) is 23.3 Å². The van der Waals surface area contributed by atoms with E-state index in [1.807, 2.05) is 45.9 Å². The zero-order valence-electron chi connectivity index (χ0n) is 34.7. The van der Waals surface area contributed by atoms with Gasteiger partial charge in [0, 0.05) is 77.2 Å². The van der Waals surface area contributed by atoms with Crippen LogP contribution in [0.3, 0.4) is 0 Å². The second-order valence-corrected chi connectivity index (χ2v) is 16.3. The summed E-state index contributed by atoms with van der Waals surface area (Å²) in [4.78, 5) is 54.9. The number of non-ortho nitro benzene ring substituents is 2. The van der Waals surface area contributed by atoms with E-state index in [1.54, 1.807) is 26.8 Å². The number of aromatic amines is 1. The van der Waals surface area contributed by atoms with Gasteiger partial charge in [-0.3, -0.25) is 25.0 Å². The molecule has 1 N–H and O–H groups in total. The molecule has 8 rings (SSSR count). The van der Waals surface area contributed by atoms with E-state index in [4.69, 9.17) is 13.6 Å². The molecule has 16 nitrogen and oxygen atoms in total. The predicted octanol–water partition coefficient (Wildman–Crippen LogP) is 11.7. The normalized spacial score (nSPS) is 11.0. The summed E-state index contributed by atoms with van der Waals surface area (Å²) in [6, 6.07) is 24.5. The molecule has 0 aliphatic carbocycles. The first-order chi connectivity index (χ1) is 28.1. The van der Waals surface area contributed by atoms with Gasteiger partial charge in [0.2, 0.25) is 5.89 Å². The van der Waals surface area contributed by atoms with Crippen molar-refractivity contribution in [1.29, 1.82) is 0 Å². The quantitative estimate of drug-likeness (QED) is 0.0755. The number of nitrogens with one attached hydrogen (secondary N) is 1. The molecule has 0 aliphatic rings. The molecule has 0 radical (unpaired) electrons. The van der Waals surface area contributed by atoms with Crippen LogP contribution in [-0.4, -0.2) is 53.1 Å². The standard InChI is InChI=1S/C21H19N3O5.C10H11N.C7H3BrN2O3.C5H10O2.Pd/c1-12-5-7-16-13(9-12)10-17(23(16)20(25)29-21(2,3)4)19-22-15-11-14(24(26)27)6-8-18(15)28-19;1-7-3-4-10-9(5-7)6-8(2)11-10;8-7-9-5-3-4(10(11)12)1-2-6(5)13-7;1-5(2,3)7-4-6;/h5-11H,1-4H3;3-6,11H,1-2H3;1-3H;4H,1-3H3;. The Bertz CT molecular complexity index is 2860. The van der Waals surface area contributed by atoms with Crippen molar-refractivity contribution < 1.29 is 58.2 Å². The average Bonchev–Trinajstić information content (AvgIpc) is 3.92. The minimum absolute atomic E-state index is 0. The van der Waals surface area contributed by atoms with E-state index < -0.39 is 21.5 Å². The molecule has 0 atom stereocenters. The zero-order chi connectivity index (χ0) is 44.1. The Labute approximate surface area is 371 Å². The van der Waals surface area contributed by atoms with Gasteiger partial charge in [-0.25, -0.2) is 19.3 Å². The number of hydrogen-bond donors (Lipinski definition) is 1. The number of nitro benzene ring substituents is 2. The van der Waals surface area contributed by atoms with Crippen LogP contribution >= 0.6 is 15.9 Å². The fourth-order valence-electron chi connectivity index (χ4n) is 5.68. The molecule has 0 fully saturated rings. The first-order valence-electron chi connectivity index (χ1n) is 18.4. The maximum atomic E-state index is 13.0. The van der Waals surface area contributed by atoms with E-state index in [0.717, 1.165) is 10.9 Å². The van der Waals surface area contributed by atoms with Gasteiger partial charge in [-0.15, -0.1) is 0 Å². The number of oxazole rings is 2. The molecule has 0 aliphatic heterocycles. The number of aryl methyl sites for hydroxylation is 3. The summed E-state index contributed by atoms with van der Waals surface area (Å²) in [5, 5.41) is 23.6. The van der Waals surface area contributed by atoms with E-state index in [2.05, 4.69) is 73.7 Å². The number of H-pyrrole nitrogens is 1. The third-order valence-electron chi connectivity index (χ3n) is 8.20. The molecule has 322 valence electrons. The smallest absolute Gasteiger partial charge is 0.419 e. The first-order valence-corrected chi connectivity index (χ1v) is 19.2. The van der Waals surface area contributed by atoms with Crippen LogP contribution in [0.25, 0.3) is 55.6 Å². The van der Waals surface area contributed by atoms with Crippen molar-refractivity contribution in [3.05, 3.63) is 127 Å². The molecule has 8 aromatic rings. The molecule has 0 saturated carbocycles. The Hall–Kier alpha value is -6.22. The number of carbonyl (C=O) groups is 2. The van der Waals surface area contributed by atoms with Gasteiger partial charge in [-0.05, 0) is 116 Å². The summed E-state index contributed by atoms with van der Waals surface area (Å²) < 4.78 is 22.4. The molecule has 0 spiro atoms. The minimum Gasteiger partial charge on any atom is -0.462 e. The van der Waals surface area contributed by atoms with Gasteiger partial charge in [0.05, 0.1) is 15.4 Å². The van der Waals surface area contributed by atoms with Crippen LogP contribution in [0.2, 0.25) is 0 Å². The van der Waals surface area contributed by atoms with Gasteiger partial charge in [0.15, 0.2) is 11.2 Å². The van der Waals surface area contributed by atoms with Crippen LogP contribution in [0.5, 0.6) is 0 Å². The number of carbonyl (C=O) groups excluding carboxylic acids is 2. The molecule has 18 heteroatoms. The van der Waals surface area contributed by atoms with Crippen LogP contribution in [-0.2, 0) is 34.7 Å². The number of benzene rings is 4. The van der Waals surface area contributed by atoms with Crippen molar-refractivity contribution in [2.24, 2.45) is 0 Å². The molecule has 0 bridgehead atoms. The third-order valence-corrected chi connectivity index (χ3v) is 8.54. The average molecular weight is 990 g/mol. The Morgan fingerprint density at radius 2 is 1.31 bits per heavy atom. The van der Waals surface area contributed by atoms with Crippen LogP contribution in [0.4, 0.5) is 16.2 Å². The molecule has 0 amide bonds. The van der Waals surface area contributed by atoms with Gasteiger partial charge in [-0.2, -0.15) is 0 Å². The van der Waals surface area contributed by atoms with Gasteiger partial charge < -0.3 is 23.3 Å². The summed E-state index contributed by atoms with van der Waals surface area (Å²) >= 11 is 3.04. The van der Waals surface area contributed by atoms with E-state index in [-0.39, 0.29) is 43.3 Å². The number of aromatic nitrogens is 4. The summed E-state index contributed by atoms with van der Waals surface area (Å²) in [6.45, 7) is 17.4. The predicted molar refractivity (Wildman–Crippen MR) is 231 cm³/mol. The molecule has 0 saturated heterocycles. The monoisotopic (exact) mass is 988 g/mol. The van der Waals surface area contributed by atoms with Crippen molar-refractivity contribution in [1.82, 2.24) is 19.5 Å². The minimum atomic E-state index is -0.683. The zero-order valence-corrected chi connectivity index (χ0v) is 37.8. The fourth-order valence-corrected chi connectivity index (χ4v) is 6.04. The van der Waals surface area contributed by atoms with Crippen LogP contribution in [0.1, 0.15) is 58.4 Å². The van der Waals surface area contributed by atoms with Gasteiger partial charge >= 0.3 is 6.09 Å². The number of nitro groups is 2. The van der Waals surface area contributed by atoms with Gasteiger partial charge in [0.1, 0.15) is 27.9 Å². The van der Waals surface area contributed by atoms with Crippen molar-refractivity contribution in [3.8, 4) is 11.6 Å². The van der Waals surface area contributed by atoms with Gasteiger partial charge in [0.25, 0.3) is 22.6 Å². The number of halogens is 1. The van der Waals surface area contributed by atoms with E-state index in [9.17, 15) is 29.8 Å². The van der Waals surface area contributed by atoms with Crippen LogP contribution in [0.15, 0.2) is 98.6 Å². The molecular formula is C43H43BrN6O10Pd. The van der Waals surface area contributed by atoms with E-state index in [0.29, 0.717) is 44.7 Å². The fraction of sp³-hybridized carbons (Fsp3) is 0.256. The maximum absolute atomic E-state index is 13.0. The number of nitrogens with zero attached hydrogens (tertiary/aromatic N) is 5. The second-order valence-electron chi connectivity index (χ2n) is 15.6. The Balaban J connectivity index is 0.000000210. The Morgan fingerprint density at radius 3 is 1.85 bits per heavy atom. The first kappa shape index (κ1) is 47.5. The van der Waals surface area contributed by atoms with Crippen molar-refractivity contribution in [2.75, 3.05) is 0 Å². The van der Waals surface area contributed by atoms with E-state index in [1.165, 1.54) is 63.1 Å². The third kappa shape index (κ3) is 12.6. The van der Waals surface area contributed by atoms with Crippen molar-refractivity contribution in [2.45, 2.75) is 73.5 Å². The summed E-state index contributed by atoms with van der Waals surface area (Å²) in [6.07, 6.45) is -0.556. The summed E-state index contributed by atoms with van der Waals surface area (Å²) in [5.74, 6) is 0.181. The summed E-state index contributed by atoms with van der Waals surface area (Å²) in [5.41, 5.74) is 6.54. The van der Waals surface area contributed by atoms with E-state index >= 15 is 0 Å². The largest absolute Gasteiger partial charge is 0.462 e. The molecular weight excluding hydrogens is 947 g/mol.